The van der Waals surface area contributed by atoms with Crippen LogP contribution in [0.2, 0.25) is 0 Å². The predicted molar refractivity (Wildman–Crippen MR) is 292 cm³/mol. The summed E-state index contributed by atoms with van der Waals surface area (Å²) in [5.41, 5.74) is 0. The smallest absolute Gasteiger partial charge is 0.306 e. The van der Waals surface area contributed by atoms with Gasteiger partial charge in [-0.2, -0.15) is 0 Å². The summed E-state index contributed by atoms with van der Waals surface area (Å²) in [6.45, 7) is 5.65. The normalized spacial score (nSPS) is 19.9. The van der Waals surface area contributed by atoms with Gasteiger partial charge in [-0.1, -0.05) is 256 Å². The molecule has 1 heterocycles. The number of aliphatic hydroxyl groups excluding tert-OH is 5. The number of aliphatic hydroxyl groups is 5. The molecule has 6 N–H and O–H groups in total. The van der Waals surface area contributed by atoms with Gasteiger partial charge in [-0.15, -0.1) is 0 Å². The van der Waals surface area contributed by atoms with Gasteiger partial charge in [0.1, 0.15) is 24.4 Å². The number of esters is 1. The Morgan fingerprint density at radius 2 is 1.01 bits per heavy atom. The van der Waals surface area contributed by atoms with Gasteiger partial charge in [-0.25, -0.2) is 0 Å². The molecular formula is C60H109NO10. The molecule has 0 spiro atoms. The van der Waals surface area contributed by atoms with Crippen molar-refractivity contribution in [3.63, 3.8) is 0 Å². The Labute approximate surface area is 434 Å². The maximum atomic E-state index is 13.4. The van der Waals surface area contributed by atoms with Crippen molar-refractivity contribution in [2.45, 2.75) is 307 Å². The Morgan fingerprint density at radius 3 is 1.51 bits per heavy atom. The van der Waals surface area contributed by atoms with Crippen molar-refractivity contribution in [1.82, 2.24) is 5.32 Å². The van der Waals surface area contributed by atoms with Crippen LogP contribution in [0.3, 0.4) is 0 Å². The van der Waals surface area contributed by atoms with Gasteiger partial charge in [0.2, 0.25) is 5.91 Å². The monoisotopic (exact) mass is 1000 g/mol. The van der Waals surface area contributed by atoms with Gasteiger partial charge in [0, 0.05) is 6.42 Å². The number of amides is 1. The fraction of sp³-hybridized carbons (Fsp3) is 0.833. The van der Waals surface area contributed by atoms with Gasteiger partial charge >= 0.3 is 5.97 Å². The Hall–Kier alpha value is -2.38. The first kappa shape index (κ1) is 66.6. The highest BCUT2D eigenvalue weighted by atomic mass is 16.7. The van der Waals surface area contributed by atoms with Crippen LogP contribution in [0.25, 0.3) is 0 Å². The Balaban J connectivity index is 2.70. The van der Waals surface area contributed by atoms with Crippen LogP contribution in [0, 0.1) is 0 Å². The molecule has 11 nitrogen and oxygen atoms in total. The molecule has 414 valence electrons. The topological polar surface area (TPSA) is 175 Å². The first-order valence-corrected chi connectivity index (χ1v) is 29.4. The van der Waals surface area contributed by atoms with Crippen molar-refractivity contribution in [3.8, 4) is 0 Å². The lowest BCUT2D eigenvalue weighted by Crippen LogP contribution is -2.61. The quantitative estimate of drug-likeness (QED) is 0.0149. The van der Waals surface area contributed by atoms with E-state index in [0.29, 0.717) is 19.3 Å². The lowest BCUT2D eigenvalue weighted by atomic mass is 9.99. The molecule has 1 fully saturated rings. The minimum Gasteiger partial charge on any atom is -0.454 e. The predicted octanol–water partition coefficient (Wildman–Crippen LogP) is 13.3. The largest absolute Gasteiger partial charge is 0.454 e. The van der Waals surface area contributed by atoms with Gasteiger partial charge in [0.25, 0.3) is 0 Å². The minimum absolute atomic E-state index is 0.111. The summed E-state index contributed by atoms with van der Waals surface area (Å²) in [6.07, 6.45) is 47.2. The van der Waals surface area contributed by atoms with Crippen LogP contribution in [0.1, 0.15) is 258 Å². The number of carbonyl (C=O) groups is 2. The Morgan fingerprint density at radius 1 is 0.563 bits per heavy atom. The maximum Gasteiger partial charge on any atom is 0.306 e. The van der Waals surface area contributed by atoms with Crippen molar-refractivity contribution in [3.05, 3.63) is 48.6 Å². The van der Waals surface area contributed by atoms with Crippen LogP contribution in [-0.4, -0.2) is 99.6 Å². The standard InChI is InChI=1S/C60H109NO10/c1-4-7-10-13-16-19-22-24-26-28-29-32-35-38-41-44-47-53(64)59(68)61-51(52(63)46-43-40-37-34-31-21-18-15-12-9-6-3)50-69-60-58(57(67)56(66)54(49-62)70-60)71-55(65)48-45-42-39-36-33-30-27-25-23-20-17-14-11-8-5-2/h8,11,14,17,20,23,43,46,51-54,56-58,60,62-64,66-67H,4-7,9-10,12-13,15-16,18-19,21-22,24-42,44-45,47-50H2,1-3H3,(H,61,68)/b11-8+,17-14+,23-20+,46-43+. The van der Waals surface area contributed by atoms with E-state index in [1.54, 1.807) is 6.08 Å². The highest BCUT2D eigenvalue weighted by Gasteiger charge is 2.47. The molecule has 1 aliphatic rings. The van der Waals surface area contributed by atoms with Crippen molar-refractivity contribution in [2.24, 2.45) is 0 Å². The van der Waals surface area contributed by atoms with Crippen LogP contribution in [0.15, 0.2) is 48.6 Å². The molecular weight excluding hydrogens is 895 g/mol. The van der Waals surface area contributed by atoms with Gasteiger partial charge in [-0.05, 0) is 44.9 Å². The van der Waals surface area contributed by atoms with Crippen molar-refractivity contribution in [1.29, 1.82) is 0 Å². The molecule has 1 rings (SSSR count). The molecule has 0 bridgehead atoms. The van der Waals surface area contributed by atoms with Gasteiger partial charge in [-0.3, -0.25) is 9.59 Å². The number of hydrogen-bond donors (Lipinski definition) is 6. The number of rotatable bonds is 49. The van der Waals surface area contributed by atoms with E-state index in [0.717, 1.165) is 89.9 Å². The highest BCUT2D eigenvalue weighted by Crippen LogP contribution is 2.26. The fourth-order valence-corrected chi connectivity index (χ4v) is 9.12. The van der Waals surface area contributed by atoms with E-state index in [1.165, 1.54) is 122 Å². The number of nitrogens with one attached hydrogen (secondary N) is 1. The third kappa shape index (κ3) is 37.1. The SMILES string of the molecule is CC/C=C/C=C/C=C/CCCCCCCCCC(=O)OC1C(OCC(NC(=O)C(O)CCCCCCCCCCCCCCCCCC)C(O)/C=C/CCCCCCCCCCC)OC(CO)C(O)C1O. The molecule has 0 aromatic carbocycles. The maximum absolute atomic E-state index is 13.4. The van der Waals surface area contributed by atoms with Crippen LogP contribution in [0.4, 0.5) is 0 Å². The van der Waals surface area contributed by atoms with Crippen molar-refractivity contribution in [2.75, 3.05) is 13.2 Å². The van der Waals surface area contributed by atoms with Crippen LogP contribution in [0.5, 0.6) is 0 Å². The zero-order valence-electron chi connectivity index (χ0n) is 45.6. The zero-order valence-corrected chi connectivity index (χ0v) is 45.6. The minimum atomic E-state index is -1.62. The molecule has 1 aliphatic heterocycles. The summed E-state index contributed by atoms with van der Waals surface area (Å²) in [7, 11) is 0. The molecule has 0 radical (unpaired) electrons. The average molecular weight is 1000 g/mol. The van der Waals surface area contributed by atoms with Crippen LogP contribution < -0.4 is 5.32 Å². The number of allylic oxidation sites excluding steroid dienone is 7. The second-order valence-electron chi connectivity index (χ2n) is 20.4. The summed E-state index contributed by atoms with van der Waals surface area (Å²) < 4.78 is 17.6. The molecule has 8 atom stereocenters. The van der Waals surface area contributed by atoms with Crippen LogP contribution >= 0.6 is 0 Å². The second-order valence-corrected chi connectivity index (χ2v) is 20.4. The molecule has 11 heteroatoms. The van der Waals surface area contributed by atoms with Crippen molar-refractivity contribution < 1.29 is 49.3 Å². The molecule has 1 saturated heterocycles. The summed E-state index contributed by atoms with van der Waals surface area (Å²) in [5, 5.41) is 56.8. The molecule has 71 heavy (non-hydrogen) atoms. The average Bonchev–Trinajstić information content (AvgIpc) is 3.37. The summed E-state index contributed by atoms with van der Waals surface area (Å²) in [4.78, 5) is 26.5. The van der Waals surface area contributed by atoms with E-state index in [9.17, 15) is 35.1 Å². The molecule has 0 aromatic rings. The zero-order chi connectivity index (χ0) is 51.8. The van der Waals surface area contributed by atoms with E-state index in [-0.39, 0.29) is 13.0 Å². The summed E-state index contributed by atoms with van der Waals surface area (Å²) >= 11 is 0. The number of unbranched alkanes of at least 4 members (excludes halogenated alkanes) is 31. The van der Waals surface area contributed by atoms with Gasteiger partial charge < -0.3 is 45.1 Å². The first-order chi connectivity index (χ1) is 34.7. The van der Waals surface area contributed by atoms with Gasteiger partial charge in [0.05, 0.1) is 25.4 Å². The van der Waals surface area contributed by atoms with E-state index in [1.807, 2.05) is 12.2 Å². The van der Waals surface area contributed by atoms with E-state index < -0.39 is 67.4 Å². The second kappa shape index (κ2) is 48.6. The lowest BCUT2D eigenvalue weighted by Gasteiger charge is -2.41. The molecule has 1 amide bonds. The third-order valence-corrected chi connectivity index (χ3v) is 13.8. The van der Waals surface area contributed by atoms with E-state index in [2.05, 4.69) is 56.5 Å². The number of carbonyl (C=O) groups excluding carboxylic acids is 2. The van der Waals surface area contributed by atoms with Crippen molar-refractivity contribution >= 4 is 11.9 Å². The summed E-state index contributed by atoms with van der Waals surface area (Å²) in [5.74, 6) is -1.20. The lowest BCUT2D eigenvalue weighted by molar-refractivity contribution is -0.305. The number of ether oxygens (including phenoxy) is 3. The Bertz CT molecular complexity index is 1340. The summed E-state index contributed by atoms with van der Waals surface area (Å²) in [6, 6.07) is -1.02. The van der Waals surface area contributed by atoms with E-state index >= 15 is 0 Å². The molecule has 0 aliphatic carbocycles. The Kier molecular flexibility index (Phi) is 45.6. The fourth-order valence-electron chi connectivity index (χ4n) is 9.12. The molecule has 0 saturated carbocycles. The third-order valence-electron chi connectivity index (χ3n) is 13.8. The highest BCUT2D eigenvalue weighted by molar-refractivity contribution is 5.80. The van der Waals surface area contributed by atoms with E-state index in [4.69, 9.17) is 14.2 Å². The first-order valence-electron chi connectivity index (χ1n) is 29.4. The number of hydrogen-bond acceptors (Lipinski definition) is 10. The van der Waals surface area contributed by atoms with Crippen LogP contribution in [-0.2, 0) is 23.8 Å². The molecule has 8 unspecified atom stereocenters. The molecule has 0 aromatic heterocycles. The van der Waals surface area contributed by atoms with Gasteiger partial charge in [0.15, 0.2) is 12.4 Å².